The van der Waals surface area contributed by atoms with E-state index in [1.54, 1.807) is 6.92 Å². The highest BCUT2D eigenvalue weighted by Gasteiger charge is 2.17. The number of hydrogen-bond donors (Lipinski definition) is 2. The molecule has 16 heavy (non-hydrogen) atoms. The number of carboxylic acids is 1. The molecule has 0 radical (unpaired) electrons. The molecule has 1 aromatic carbocycles. The number of benzene rings is 1. The molecule has 0 aliphatic rings. The van der Waals surface area contributed by atoms with Crippen LogP contribution >= 0.6 is 11.6 Å². The molecule has 88 valence electrons. The largest absolute Gasteiger partial charge is 0.478 e. The summed E-state index contributed by atoms with van der Waals surface area (Å²) in [5.74, 6) is -1.27. The van der Waals surface area contributed by atoms with E-state index in [0.29, 0.717) is 0 Å². The van der Waals surface area contributed by atoms with Crippen molar-refractivity contribution >= 4 is 27.6 Å². The van der Waals surface area contributed by atoms with Crippen molar-refractivity contribution in [3.05, 3.63) is 28.8 Å². The van der Waals surface area contributed by atoms with Crippen molar-refractivity contribution in [1.29, 1.82) is 0 Å². The minimum absolute atomic E-state index is 0.00273. The highest BCUT2D eigenvalue weighted by atomic mass is 35.5. The fourth-order valence-electron chi connectivity index (χ4n) is 1.11. The molecule has 0 saturated carbocycles. The quantitative estimate of drug-likeness (QED) is 0.859. The maximum absolute atomic E-state index is 11.6. The van der Waals surface area contributed by atoms with Gasteiger partial charge in [0.25, 0.3) is 0 Å². The zero-order chi connectivity index (χ0) is 12.3. The molecule has 0 saturated heterocycles. The molecule has 5 nitrogen and oxygen atoms in total. The maximum atomic E-state index is 11.6. The predicted octanol–water partition coefficient (Wildman–Crippen LogP) is 1.34. The number of nitrogens with one attached hydrogen (secondary N) is 1. The fourth-order valence-corrected chi connectivity index (χ4v) is 2.37. The first-order chi connectivity index (χ1) is 7.38. The van der Waals surface area contributed by atoms with Gasteiger partial charge in [-0.3, -0.25) is 0 Å². The van der Waals surface area contributed by atoms with Crippen LogP contribution in [0.1, 0.15) is 17.3 Å². The topological polar surface area (TPSA) is 83.5 Å². The summed E-state index contributed by atoms with van der Waals surface area (Å²) in [5.41, 5.74) is -0.236. The van der Waals surface area contributed by atoms with Crippen LogP contribution < -0.4 is 4.72 Å². The first-order valence-electron chi connectivity index (χ1n) is 4.41. The van der Waals surface area contributed by atoms with Gasteiger partial charge in [0.15, 0.2) is 0 Å². The van der Waals surface area contributed by atoms with Crippen molar-refractivity contribution in [2.75, 3.05) is 6.54 Å². The Kier molecular flexibility index (Phi) is 3.90. The fraction of sp³-hybridized carbons (Fsp3) is 0.222. The van der Waals surface area contributed by atoms with Crippen LogP contribution in [-0.2, 0) is 10.0 Å². The number of rotatable bonds is 4. The maximum Gasteiger partial charge on any atom is 0.337 e. The second-order valence-electron chi connectivity index (χ2n) is 2.95. The Bertz CT molecular complexity index is 512. The second kappa shape index (κ2) is 4.82. The van der Waals surface area contributed by atoms with Gasteiger partial charge in [0.1, 0.15) is 0 Å². The summed E-state index contributed by atoms with van der Waals surface area (Å²) in [6.45, 7) is 1.86. The van der Waals surface area contributed by atoms with Crippen LogP contribution in [0.5, 0.6) is 0 Å². The molecule has 0 spiro atoms. The highest BCUT2D eigenvalue weighted by Crippen LogP contribution is 2.20. The Hall–Kier alpha value is -1.11. The first kappa shape index (κ1) is 13.0. The zero-order valence-corrected chi connectivity index (χ0v) is 9.97. The molecule has 1 aromatic rings. The third kappa shape index (κ3) is 2.72. The zero-order valence-electron chi connectivity index (χ0n) is 8.40. The van der Waals surface area contributed by atoms with E-state index in [1.807, 2.05) is 0 Å². The molecule has 0 aliphatic carbocycles. The summed E-state index contributed by atoms with van der Waals surface area (Å²) in [6, 6.07) is 3.53. The number of carbonyl (C=O) groups is 1. The van der Waals surface area contributed by atoms with Gasteiger partial charge in [-0.25, -0.2) is 17.9 Å². The van der Waals surface area contributed by atoms with E-state index in [0.717, 1.165) is 6.07 Å². The summed E-state index contributed by atoms with van der Waals surface area (Å²) in [5, 5.41) is 8.79. The summed E-state index contributed by atoms with van der Waals surface area (Å²) in [6.07, 6.45) is 0. The summed E-state index contributed by atoms with van der Waals surface area (Å²) >= 11 is 5.62. The molecule has 0 heterocycles. The van der Waals surface area contributed by atoms with Gasteiger partial charge in [-0.2, -0.15) is 0 Å². The molecule has 1 rings (SSSR count). The van der Waals surface area contributed by atoms with Crippen molar-refractivity contribution in [1.82, 2.24) is 4.72 Å². The van der Waals surface area contributed by atoms with Crippen LogP contribution in [0.4, 0.5) is 0 Å². The first-order valence-corrected chi connectivity index (χ1v) is 6.27. The third-order valence-electron chi connectivity index (χ3n) is 1.81. The Labute approximate surface area is 98.1 Å². The Balaban J connectivity index is 3.28. The van der Waals surface area contributed by atoms with Gasteiger partial charge in [0.2, 0.25) is 10.0 Å². The monoisotopic (exact) mass is 263 g/mol. The van der Waals surface area contributed by atoms with Crippen molar-refractivity contribution in [2.24, 2.45) is 0 Å². The Morgan fingerprint density at radius 1 is 1.50 bits per heavy atom. The Morgan fingerprint density at radius 3 is 2.62 bits per heavy atom. The summed E-state index contributed by atoms with van der Waals surface area (Å²) in [4.78, 5) is 10.6. The highest BCUT2D eigenvalue weighted by molar-refractivity contribution is 7.89. The molecule has 0 aliphatic heterocycles. The van der Waals surface area contributed by atoms with Gasteiger partial charge < -0.3 is 5.11 Å². The van der Waals surface area contributed by atoms with Crippen molar-refractivity contribution in [2.45, 2.75) is 11.8 Å². The SMILES string of the molecule is CCNS(=O)(=O)c1ccc(Cl)c(C(=O)O)c1. The molecule has 7 heteroatoms. The Morgan fingerprint density at radius 2 is 2.12 bits per heavy atom. The lowest BCUT2D eigenvalue weighted by atomic mass is 10.2. The normalized spacial score (nSPS) is 11.4. The van der Waals surface area contributed by atoms with Crippen molar-refractivity contribution in [3.63, 3.8) is 0 Å². The average molecular weight is 264 g/mol. The van der Waals surface area contributed by atoms with Crippen LogP contribution in [0.3, 0.4) is 0 Å². The summed E-state index contributed by atoms with van der Waals surface area (Å²) < 4.78 is 25.4. The second-order valence-corrected chi connectivity index (χ2v) is 5.12. The van der Waals surface area contributed by atoms with E-state index >= 15 is 0 Å². The molecular weight excluding hydrogens is 254 g/mol. The van der Waals surface area contributed by atoms with E-state index in [-0.39, 0.29) is 22.0 Å². The lowest BCUT2D eigenvalue weighted by molar-refractivity contribution is 0.0697. The molecule has 0 amide bonds. The number of carboxylic acid groups (broad SMARTS) is 1. The van der Waals surface area contributed by atoms with Gasteiger partial charge in [-0.15, -0.1) is 0 Å². The molecule has 0 fully saturated rings. The van der Waals surface area contributed by atoms with Crippen LogP contribution in [0, 0.1) is 0 Å². The van der Waals surface area contributed by atoms with Crippen molar-refractivity contribution < 1.29 is 18.3 Å². The molecule has 2 N–H and O–H groups in total. The lowest BCUT2D eigenvalue weighted by Gasteiger charge is -2.06. The number of halogens is 1. The van der Waals surface area contributed by atoms with Crippen molar-refractivity contribution in [3.8, 4) is 0 Å². The van der Waals surface area contributed by atoms with Crippen LogP contribution in [0.2, 0.25) is 5.02 Å². The molecule has 0 unspecified atom stereocenters. The minimum Gasteiger partial charge on any atom is -0.478 e. The van der Waals surface area contributed by atoms with E-state index < -0.39 is 16.0 Å². The molecule has 0 bridgehead atoms. The van der Waals surface area contributed by atoms with Gasteiger partial charge in [-0.1, -0.05) is 18.5 Å². The van der Waals surface area contributed by atoms with Crippen LogP contribution in [0.25, 0.3) is 0 Å². The third-order valence-corrected chi connectivity index (χ3v) is 3.69. The van der Waals surface area contributed by atoms with E-state index in [9.17, 15) is 13.2 Å². The number of hydrogen-bond acceptors (Lipinski definition) is 3. The molecule has 0 aromatic heterocycles. The van der Waals surface area contributed by atoms with Crippen LogP contribution in [0.15, 0.2) is 23.1 Å². The van der Waals surface area contributed by atoms with Crippen LogP contribution in [-0.4, -0.2) is 26.0 Å². The standard InChI is InChI=1S/C9H10ClNO4S/c1-2-11-16(14,15)6-3-4-8(10)7(5-6)9(12)13/h3-5,11H,2H2,1H3,(H,12,13). The smallest absolute Gasteiger partial charge is 0.337 e. The van der Waals surface area contributed by atoms with E-state index in [4.69, 9.17) is 16.7 Å². The number of aromatic carboxylic acids is 1. The van der Waals surface area contributed by atoms with Gasteiger partial charge >= 0.3 is 5.97 Å². The van der Waals surface area contributed by atoms with Gasteiger partial charge in [0, 0.05) is 6.54 Å². The predicted molar refractivity (Wildman–Crippen MR) is 59.3 cm³/mol. The minimum atomic E-state index is -3.66. The molecular formula is C9H10ClNO4S. The van der Waals surface area contributed by atoms with E-state index in [2.05, 4.69) is 4.72 Å². The number of sulfonamides is 1. The lowest BCUT2D eigenvalue weighted by Crippen LogP contribution is -2.23. The molecule has 0 atom stereocenters. The average Bonchev–Trinajstić information content (AvgIpc) is 2.17. The van der Waals surface area contributed by atoms with Gasteiger partial charge in [-0.05, 0) is 18.2 Å². The summed E-state index contributed by atoms with van der Waals surface area (Å²) in [7, 11) is -3.66. The van der Waals surface area contributed by atoms with Gasteiger partial charge in [0.05, 0.1) is 15.5 Å². The van der Waals surface area contributed by atoms with E-state index in [1.165, 1.54) is 12.1 Å².